The number of aliphatic carboxylic acids is 1. The zero-order chi connectivity index (χ0) is 24.1. The average molecular weight is 465 g/mol. The smallest absolute Gasteiger partial charge is 0.407 e. The maximum Gasteiger partial charge on any atom is 0.407 e. The Morgan fingerprint density at radius 2 is 1.65 bits per heavy atom. The molecular weight excluding hydrogens is 432 g/mol. The van der Waals surface area contributed by atoms with Crippen molar-refractivity contribution in [1.29, 1.82) is 0 Å². The number of carboxylic acids is 1. The summed E-state index contributed by atoms with van der Waals surface area (Å²) in [6.07, 6.45) is 2.23. The average Bonchev–Trinajstić information content (AvgIpc) is 3.12. The normalized spacial score (nSPS) is 19.3. The predicted octanol–water partition coefficient (Wildman–Crippen LogP) is 4.31. The van der Waals surface area contributed by atoms with Crippen LogP contribution in [0.15, 0.2) is 48.5 Å². The van der Waals surface area contributed by atoms with E-state index in [0.29, 0.717) is 19.4 Å². The fourth-order valence-corrected chi connectivity index (χ4v) is 5.03. The minimum atomic E-state index is -0.845. The van der Waals surface area contributed by atoms with E-state index in [-0.39, 0.29) is 42.7 Å². The lowest BCUT2D eigenvalue weighted by Gasteiger charge is -2.35. The number of carbonyl (C=O) groups is 3. The molecule has 3 N–H and O–H groups in total. The second-order valence-corrected chi connectivity index (χ2v) is 9.38. The quantitative estimate of drug-likeness (QED) is 0.486. The van der Waals surface area contributed by atoms with E-state index in [1.807, 2.05) is 31.2 Å². The summed E-state index contributed by atoms with van der Waals surface area (Å²) < 4.78 is 5.59. The molecule has 1 unspecified atom stereocenters. The van der Waals surface area contributed by atoms with Gasteiger partial charge >= 0.3 is 12.1 Å². The van der Waals surface area contributed by atoms with Crippen LogP contribution in [0.2, 0.25) is 0 Å². The van der Waals surface area contributed by atoms with Crippen LogP contribution in [0.4, 0.5) is 4.79 Å². The highest BCUT2D eigenvalue weighted by Gasteiger charge is 2.33. The molecule has 2 aliphatic rings. The van der Waals surface area contributed by atoms with Crippen molar-refractivity contribution < 1.29 is 24.2 Å². The third-order valence-electron chi connectivity index (χ3n) is 7.00. The Kier molecular flexibility index (Phi) is 7.50. The predicted molar refractivity (Wildman–Crippen MR) is 128 cm³/mol. The van der Waals surface area contributed by atoms with E-state index in [4.69, 9.17) is 9.84 Å². The highest BCUT2D eigenvalue weighted by Crippen LogP contribution is 2.44. The van der Waals surface area contributed by atoms with Crippen molar-refractivity contribution in [2.45, 2.75) is 51.0 Å². The van der Waals surface area contributed by atoms with Crippen LogP contribution in [0.25, 0.3) is 11.1 Å². The van der Waals surface area contributed by atoms with Crippen molar-refractivity contribution in [2.24, 2.45) is 11.8 Å². The fraction of sp³-hybridized carbons (Fsp3) is 0.444. The highest BCUT2D eigenvalue weighted by atomic mass is 16.5. The van der Waals surface area contributed by atoms with Crippen LogP contribution in [0.5, 0.6) is 0 Å². The van der Waals surface area contributed by atoms with E-state index in [1.54, 1.807) is 0 Å². The van der Waals surface area contributed by atoms with Crippen molar-refractivity contribution in [3.05, 3.63) is 59.7 Å². The van der Waals surface area contributed by atoms with Gasteiger partial charge in [-0.25, -0.2) is 4.79 Å². The Morgan fingerprint density at radius 1 is 1.03 bits per heavy atom. The van der Waals surface area contributed by atoms with Crippen molar-refractivity contribution >= 4 is 18.0 Å². The van der Waals surface area contributed by atoms with Crippen LogP contribution in [0.1, 0.15) is 56.1 Å². The van der Waals surface area contributed by atoms with Crippen LogP contribution in [-0.4, -0.2) is 42.3 Å². The summed E-state index contributed by atoms with van der Waals surface area (Å²) in [6.45, 7) is 2.59. The van der Waals surface area contributed by atoms with Gasteiger partial charge in [-0.05, 0) is 46.9 Å². The Labute approximate surface area is 199 Å². The SMILES string of the molecule is CCC(CNC(=O)CC1CC(NC(=O)OCC2c3ccccc3-c3ccccc32)C1)CC(=O)O. The van der Waals surface area contributed by atoms with Gasteiger partial charge in [0.05, 0.1) is 0 Å². The molecule has 0 heterocycles. The van der Waals surface area contributed by atoms with Gasteiger partial charge in [0.1, 0.15) is 6.61 Å². The number of amides is 2. The number of hydrogen-bond donors (Lipinski definition) is 3. The number of alkyl carbamates (subject to hydrolysis) is 1. The van der Waals surface area contributed by atoms with Crippen molar-refractivity contribution in [3.63, 3.8) is 0 Å². The summed E-state index contributed by atoms with van der Waals surface area (Å²) in [4.78, 5) is 35.4. The van der Waals surface area contributed by atoms with Gasteiger partial charge in [-0.3, -0.25) is 9.59 Å². The zero-order valence-electron chi connectivity index (χ0n) is 19.5. The molecule has 0 aromatic heterocycles. The van der Waals surface area contributed by atoms with Crippen molar-refractivity contribution in [3.8, 4) is 11.1 Å². The monoisotopic (exact) mass is 464 g/mol. The van der Waals surface area contributed by atoms with E-state index in [0.717, 1.165) is 12.8 Å². The number of carboxylic acid groups (broad SMARTS) is 1. The van der Waals surface area contributed by atoms with Gasteiger partial charge in [0.2, 0.25) is 5.91 Å². The van der Waals surface area contributed by atoms with Gasteiger partial charge in [-0.15, -0.1) is 0 Å². The summed E-state index contributed by atoms with van der Waals surface area (Å²) in [5, 5.41) is 14.7. The lowest BCUT2D eigenvalue weighted by molar-refractivity contribution is -0.138. The first kappa shape index (κ1) is 23.8. The molecule has 1 atom stereocenters. The number of nitrogens with one attached hydrogen (secondary N) is 2. The molecule has 2 aliphatic carbocycles. The number of ether oxygens (including phenoxy) is 1. The number of rotatable bonds is 10. The minimum Gasteiger partial charge on any atom is -0.481 e. The van der Waals surface area contributed by atoms with E-state index in [1.165, 1.54) is 22.3 Å². The summed E-state index contributed by atoms with van der Waals surface area (Å²) in [6, 6.07) is 16.5. The Bertz CT molecular complexity index is 1000. The van der Waals surface area contributed by atoms with Crippen LogP contribution in [0.3, 0.4) is 0 Å². The fourth-order valence-electron chi connectivity index (χ4n) is 5.03. The number of fused-ring (bicyclic) bond motifs is 3. The third-order valence-corrected chi connectivity index (χ3v) is 7.00. The molecular formula is C27H32N2O5. The van der Waals surface area contributed by atoms with Gasteiger partial charge in [0.15, 0.2) is 0 Å². The van der Waals surface area contributed by atoms with Crippen LogP contribution < -0.4 is 10.6 Å². The Hall–Kier alpha value is -3.35. The van der Waals surface area contributed by atoms with Crippen molar-refractivity contribution in [1.82, 2.24) is 10.6 Å². The maximum atomic E-state index is 12.4. The van der Waals surface area contributed by atoms with E-state index in [2.05, 4.69) is 34.9 Å². The van der Waals surface area contributed by atoms with Gasteiger partial charge in [-0.2, -0.15) is 0 Å². The molecule has 2 amide bonds. The van der Waals surface area contributed by atoms with Crippen LogP contribution >= 0.6 is 0 Å². The molecule has 1 fully saturated rings. The molecule has 1 saturated carbocycles. The third kappa shape index (κ3) is 5.58. The molecule has 180 valence electrons. The first-order valence-electron chi connectivity index (χ1n) is 12.0. The molecule has 34 heavy (non-hydrogen) atoms. The topological polar surface area (TPSA) is 105 Å². The van der Waals surface area contributed by atoms with Gasteiger partial charge in [0, 0.05) is 31.3 Å². The lowest BCUT2D eigenvalue weighted by Crippen LogP contribution is -2.46. The second kappa shape index (κ2) is 10.7. The first-order valence-corrected chi connectivity index (χ1v) is 12.0. The van der Waals surface area contributed by atoms with Crippen LogP contribution in [-0.2, 0) is 14.3 Å². The standard InChI is InChI=1S/C27H32N2O5/c1-2-17(14-26(31)32)15-28-25(30)13-18-11-19(12-18)29-27(33)34-16-24-22-9-5-3-7-20(22)21-8-4-6-10-23(21)24/h3-10,17-19,24H,2,11-16H2,1H3,(H,28,30)(H,29,33)(H,31,32). The van der Waals surface area contributed by atoms with E-state index in [9.17, 15) is 14.4 Å². The number of hydrogen-bond acceptors (Lipinski definition) is 4. The lowest BCUT2D eigenvalue weighted by atomic mass is 9.78. The minimum absolute atomic E-state index is 0.0175. The maximum absolute atomic E-state index is 12.4. The van der Waals surface area contributed by atoms with Gasteiger partial charge in [-0.1, -0.05) is 61.9 Å². The summed E-state index contributed by atoms with van der Waals surface area (Å²) in [5.41, 5.74) is 4.75. The molecule has 2 aromatic rings. The second-order valence-electron chi connectivity index (χ2n) is 9.38. The molecule has 0 aliphatic heterocycles. The van der Waals surface area contributed by atoms with E-state index < -0.39 is 12.1 Å². The Morgan fingerprint density at radius 3 is 2.24 bits per heavy atom. The summed E-state index contributed by atoms with van der Waals surface area (Å²) >= 11 is 0. The molecule has 7 nitrogen and oxygen atoms in total. The molecule has 7 heteroatoms. The summed E-state index contributed by atoms with van der Waals surface area (Å²) in [5.74, 6) is -0.705. The molecule has 0 saturated heterocycles. The van der Waals surface area contributed by atoms with Gasteiger partial charge in [0.25, 0.3) is 0 Å². The molecule has 0 radical (unpaired) electrons. The molecule has 0 bridgehead atoms. The van der Waals surface area contributed by atoms with Crippen molar-refractivity contribution in [2.75, 3.05) is 13.2 Å². The highest BCUT2D eigenvalue weighted by molar-refractivity contribution is 5.79. The van der Waals surface area contributed by atoms with E-state index >= 15 is 0 Å². The molecule has 4 rings (SSSR count). The zero-order valence-corrected chi connectivity index (χ0v) is 19.5. The molecule has 2 aromatic carbocycles. The number of carbonyl (C=O) groups excluding carboxylic acids is 2. The largest absolute Gasteiger partial charge is 0.481 e. The summed E-state index contributed by atoms with van der Waals surface area (Å²) in [7, 11) is 0. The van der Waals surface area contributed by atoms with Gasteiger partial charge < -0.3 is 20.5 Å². The number of benzene rings is 2. The first-order chi connectivity index (χ1) is 16.4. The Balaban J connectivity index is 1.18. The molecule has 0 spiro atoms. The van der Waals surface area contributed by atoms with Crippen LogP contribution in [0, 0.1) is 11.8 Å².